The Hall–Kier alpha value is -2.80. The second kappa shape index (κ2) is 8.69. The van der Waals surface area contributed by atoms with Gasteiger partial charge in [-0.15, -0.1) is 0 Å². The first-order valence-corrected chi connectivity index (χ1v) is 10.1. The second-order valence-electron chi connectivity index (χ2n) is 7.23. The largest absolute Gasteiger partial charge is 0.337 e. The molecule has 0 saturated heterocycles. The summed E-state index contributed by atoms with van der Waals surface area (Å²) in [6, 6.07) is 8.39. The van der Waals surface area contributed by atoms with Crippen LogP contribution in [0.15, 0.2) is 46.1 Å². The van der Waals surface area contributed by atoms with Gasteiger partial charge in [0.25, 0.3) is 5.56 Å². The third-order valence-corrected chi connectivity index (χ3v) is 5.26. The van der Waals surface area contributed by atoms with Gasteiger partial charge < -0.3 is 5.73 Å². The molecule has 0 spiro atoms. The van der Waals surface area contributed by atoms with Gasteiger partial charge in [-0.1, -0.05) is 26.0 Å². The highest BCUT2D eigenvalue weighted by Crippen LogP contribution is 2.26. The minimum absolute atomic E-state index is 0.0931. The maximum absolute atomic E-state index is 13.8. The molecular formula is C22H27FN4O2. The lowest BCUT2D eigenvalue weighted by Crippen LogP contribution is -2.44. The van der Waals surface area contributed by atoms with Gasteiger partial charge in [-0.05, 0) is 56.4 Å². The van der Waals surface area contributed by atoms with E-state index in [0.717, 1.165) is 30.7 Å². The molecule has 2 aromatic heterocycles. The lowest BCUT2D eigenvalue weighted by molar-refractivity contribution is 0.309. The van der Waals surface area contributed by atoms with E-state index in [9.17, 15) is 14.0 Å². The summed E-state index contributed by atoms with van der Waals surface area (Å²) in [6.07, 6.45) is 3.83. The average molecular weight is 398 g/mol. The number of aromatic nitrogens is 3. The van der Waals surface area contributed by atoms with Gasteiger partial charge in [-0.25, -0.2) is 18.7 Å². The van der Waals surface area contributed by atoms with Crippen LogP contribution in [0.5, 0.6) is 0 Å². The maximum Gasteiger partial charge on any atom is 0.337 e. The fourth-order valence-corrected chi connectivity index (χ4v) is 3.86. The minimum atomic E-state index is -0.605. The van der Waals surface area contributed by atoms with Crippen molar-refractivity contribution in [3.63, 3.8) is 0 Å². The molecular weight excluding hydrogens is 371 g/mol. The van der Waals surface area contributed by atoms with Crippen molar-refractivity contribution in [3.8, 4) is 5.69 Å². The van der Waals surface area contributed by atoms with Crippen molar-refractivity contribution in [3.05, 3.63) is 68.7 Å². The topological polar surface area (TPSA) is 82.9 Å². The van der Waals surface area contributed by atoms with Crippen molar-refractivity contribution >= 4 is 11.0 Å². The van der Waals surface area contributed by atoms with Crippen LogP contribution in [-0.2, 0) is 0 Å². The van der Waals surface area contributed by atoms with Gasteiger partial charge in [0.05, 0.1) is 17.3 Å². The van der Waals surface area contributed by atoms with Crippen molar-refractivity contribution < 1.29 is 4.39 Å². The molecule has 1 aromatic carbocycles. The van der Waals surface area contributed by atoms with E-state index < -0.39 is 17.1 Å². The summed E-state index contributed by atoms with van der Waals surface area (Å²) < 4.78 is 16.5. The second-order valence-corrected chi connectivity index (χ2v) is 7.23. The van der Waals surface area contributed by atoms with Crippen LogP contribution in [0, 0.1) is 12.7 Å². The fourth-order valence-electron chi connectivity index (χ4n) is 3.86. The van der Waals surface area contributed by atoms with E-state index in [-0.39, 0.29) is 23.1 Å². The van der Waals surface area contributed by atoms with Crippen molar-refractivity contribution in [1.29, 1.82) is 0 Å². The molecule has 0 atom stereocenters. The Labute approximate surface area is 168 Å². The Kier molecular flexibility index (Phi) is 6.27. The number of fused-ring (bicyclic) bond motifs is 1. The van der Waals surface area contributed by atoms with Crippen LogP contribution < -0.4 is 17.0 Å². The summed E-state index contributed by atoms with van der Waals surface area (Å²) in [6.45, 7) is 5.92. The SMILES string of the molecule is CC.Cc1cccc(-n2c(=O)n(C3CCC(N)CC3)c(=O)c3cc(F)cnc32)c1. The first kappa shape index (κ1) is 20.9. The van der Waals surface area contributed by atoms with Crippen LogP contribution in [0.25, 0.3) is 16.7 Å². The summed E-state index contributed by atoms with van der Waals surface area (Å²) in [7, 11) is 0. The van der Waals surface area contributed by atoms with Crippen LogP contribution in [0.2, 0.25) is 0 Å². The number of nitrogens with two attached hydrogens (primary N) is 1. The van der Waals surface area contributed by atoms with Crippen LogP contribution in [0.4, 0.5) is 4.39 Å². The molecule has 29 heavy (non-hydrogen) atoms. The third-order valence-electron chi connectivity index (χ3n) is 5.26. The smallest absolute Gasteiger partial charge is 0.328 e. The number of rotatable bonds is 2. The Morgan fingerprint density at radius 3 is 2.45 bits per heavy atom. The van der Waals surface area contributed by atoms with Crippen molar-refractivity contribution in [1.82, 2.24) is 14.1 Å². The quantitative estimate of drug-likeness (QED) is 0.717. The van der Waals surface area contributed by atoms with Gasteiger partial charge in [0.15, 0.2) is 5.65 Å². The van der Waals surface area contributed by atoms with E-state index in [1.165, 1.54) is 9.13 Å². The molecule has 3 aromatic rings. The molecule has 0 radical (unpaired) electrons. The Balaban J connectivity index is 0.00000117. The normalized spacial score (nSPS) is 18.9. The molecule has 2 heterocycles. The Morgan fingerprint density at radius 1 is 1.10 bits per heavy atom. The number of pyridine rings is 1. The van der Waals surface area contributed by atoms with Crippen molar-refractivity contribution in [2.75, 3.05) is 0 Å². The lowest BCUT2D eigenvalue weighted by atomic mass is 9.91. The predicted molar refractivity (Wildman–Crippen MR) is 113 cm³/mol. The predicted octanol–water partition coefficient (Wildman–Crippen LogP) is 3.46. The van der Waals surface area contributed by atoms with Crippen molar-refractivity contribution in [2.45, 2.75) is 58.5 Å². The highest BCUT2D eigenvalue weighted by molar-refractivity contribution is 5.75. The molecule has 6 nitrogen and oxygen atoms in total. The molecule has 7 heteroatoms. The van der Waals surface area contributed by atoms with Crippen LogP contribution in [0.3, 0.4) is 0 Å². The van der Waals surface area contributed by atoms with Crippen molar-refractivity contribution in [2.24, 2.45) is 5.73 Å². The van der Waals surface area contributed by atoms with Crippen LogP contribution in [-0.4, -0.2) is 20.2 Å². The van der Waals surface area contributed by atoms with Gasteiger partial charge in [0, 0.05) is 12.1 Å². The molecule has 0 unspecified atom stereocenters. The summed E-state index contributed by atoms with van der Waals surface area (Å²) in [5.41, 5.74) is 6.77. The molecule has 1 aliphatic carbocycles. The molecule has 154 valence electrons. The molecule has 4 rings (SSSR count). The van der Waals surface area contributed by atoms with Crippen LogP contribution >= 0.6 is 0 Å². The van der Waals surface area contributed by atoms with Gasteiger partial charge in [0.1, 0.15) is 5.82 Å². The summed E-state index contributed by atoms with van der Waals surface area (Å²) in [5.74, 6) is -0.605. The molecule has 2 N–H and O–H groups in total. The number of aryl methyl sites for hydroxylation is 1. The van der Waals surface area contributed by atoms with E-state index >= 15 is 0 Å². The number of nitrogens with zero attached hydrogens (tertiary/aromatic N) is 3. The third kappa shape index (κ3) is 4.00. The van der Waals surface area contributed by atoms with Gasteiger partial charge >= 0.3 is 5.69 Å². The number of hydrogen-bond acceptors (Lipinski definition) is 4. The van der Waals surface area contributed by atoms with Gasteiger partial charge in [0.2, 0.25) is 0 Å². The van der Waals surface area contributed by atoms with Gasteiger partial charge in [-0.3, -0.25) is 9.36 Å². The van der Waals surface area contributed by atoms with E-state index in [4.69, 9.17) is 5.73 Å². The summed E-state index contributed by atoms with van der Waals surface area (Å²) in [4.78, 5) is 30.4. The summed E-state index contributed by atoms with van der Waals surface area (Å²) in [5, 5.41) is 0.103. The summed E-state index contributed by atoms with van der Waals surface area (Å²) >= 11 is 0. The standard InChI is InChI=1S/C20H21FN4O2.C2H6/c1-12-3-2-4-16(9-12)24-18-17(10-13(21)11-23-18)19(26)25(20(24)27)15-7-5-14(22)6-8-15;1-2/h2-4,9-11,14-15H,5-8,22H2,1H3;1-2H3. The zero-order valence-electron chi connectivity index (χ0n) is 17.1. The van der Waals surface area contributed by atoms with E-state index in [2.05, 4.69) is 4.98 Å². The maximum atomic E-state index is 13.8. The minimum Gasteiger partial charge on any atom is -0.328 e. The monoisotopic (exact) mass is 398 g/mol. The molecule has 0 bridgehead atoms. The first-order valence-electron chi connectivity index (χ1n) is 10.1. The molecule has 1 fully saturated rings. The average Bonchev–Trinajstić information content (AvgIpc) is 2.72. The van der Waals surface area contributed by atoms with Crippen LogP contribution in [0.1, 0.15) is 51.1 Å². The number of hydrogen-bond donors (Lipinski definition) is 1. The number of benzene rings is 1. The van der Waals surface area contributed by atoms with Gasteiger partial charge in [-0.2, -0.15) is 0 Å². The molecule has 1 aliphatic rings. The molecule has 0 aliphatic heterocycles. The Bertz CT molecular complexity index is 1130. The lowest BCUT2D eigenvalue weighted by Gasteiger charge is -2.27. The highest BCUT2D eigenvalue weighted by Gasteiger charge is 2.25. The molecule has 1 saturated carbocycles. The first-order chi connectivity index (χ1) is 14.0. The molecule has 0 amide bonds. The number of halogens is 1. The fraction of sp³-hybridized carbons (Fsp3) is 0.409. The highest BCUT2D eigenvalue weighted by atomic mass is 19.1. The zero-order valence-corrected chi connectivity index (χ0v) is 17.1. The van der Waals surface area contributed by atoms with E-state index in [0.29, 0.717) is 18.5 Å². The van der Waals surface area contributed by atoms with E-state index in [1.807, 2.05) is 39.0 Å². The zero-order chi connectivity index (χ0) is 21.1. The Morgan fingerprint density at radius 2 is 1.79 bits per heavy atom. The van der Waals surface area contributed by atoms with E-state index in [1.54, 1.807) is 6.07 Å².